The SMILES string of the molecule is Cc1ccccc1C1=c2ccc3c(c2P(=O)([O-])c2c1ccc1c2OCCN1C)OCC[N+]=3C. The van der Waals surface area contributed by atoms with Gasteiger partial charge < -0.3 is 23.8 Å². The van der Waals surface area contributed by atoms with Gasteiger partial charge in [-0.3, -0.25) is 0 Å². The van der Waals surface area contributed by atoms with Crippen molar-refractivity contribution in [1.29, 1.82) is 0 Å². The topological polar surface area (TPSA) is 64.8 Å². The van der Waals surface area contributed by atoms with Crippen LogP contribution in [0.2, 0.25) is 0 Å². The van der Waals surface area contributed by atoms with Gasteiger partial charge in [-0.1, -0.05) is 30.3 Å². The molecule has 0 radical (unpaired) electrons. The van der Waals surface area contributed by atoms with Gasteiger partial charge in [-0.05, 0) is 46.5 Å². The lowest BCUT2D eigenvalue weighted by molar-refractivity contribution is -0.167. The second kappa shape index (κ2) is 7.21. The van der Waals surface area contributed by atoms with Crippen molar-refractivity contribution in [2.45, 2.75) is 6.92 Å². The Hall–Kier alpha value is -3.08. The third-order valence-corrected chi connectivity index (χ3v) is 9.00. The molecule has 3 aliphatic rings. The van der Waals surface area contributed by atoms with Gasteiger partial charge in [0.05, 0.1) is 30.2 Å². The molecule has 0 saturated heterocycles. The standard InChI is InChI=1S/C26H25N2O4P/c1-16-6-4-5-7-17(16)22-18-8-10-20-23(31-14-12-27(20)2)25(18)33(29,30)26-19(22)9-11-21-24(26)32-15-13-28(21)3/h4-11H,12-15H2,1-3H3. The van der Waals surface area contributed by atoms with Crippen molar-refractivity contribution in [3.63, 3.8) is 0 Å². The number of fused-ring (bicyclic) bond motifs is 6. The number of nitrogens with zero attached hydrogens (tertiary/aromatic N) is 2. The average molecular weight is 460 g/mol. The van der Waals surface area contributed by atoms with Gasteiger partial charge in [0, 0.05) is 13.1 Å². The van der Waals surface area contributed by atoms with Crippen molar-refractivity contribution in [1.82, 2.24) is 4.58 Å². The molecule has 0 saturated carbocycles. The van der Waals surface area contributed by atoms with E-state index in [1.165, 1.54) is 0 Å². The molecule has 0 spiro atoms. The number of aryl methyl sites for hydroxylation is 1. The van der Waals surface area contributed by atoms with Crippen LogP contribution in [0.4, 0.5) is 5.69 Å². The monoisotopic (exact) mass is 460 g/mol. The first-order valence-electron chi connectivity index (χ1n) is 11.2. The van der Waals surface area contributed by atoms with E-state index in [0.29, 0.717) is 48.6 Å². The summed E-state index contributed by atoms with van der Waals surface area (Å²) in [5.74, 6) is 0.885. The normalized spacial score (nSPS) is 20.8. The molecule has 168 valence electrons. The maximum atomic E-state index is 14.3. The molecular formula is C26H25N2O4P. The number of hydrogen-bond donors (Lipinski definition) is 0. The van der Waals surface area contributed by atoms with E-state index in [-0.39, 0.29) is 10.6 Å². The molecule has 6 rings (SSSR count). The Morgan fingerprint density at radius 2 is 1.76 bits per heavy atom. The third-order valence-electron chi connectivity index (χ3n) is 6.93. The van der Waals surface area contributed by atoms with Gasteiger partial charge in [-0.25, -0.2) is 4.58 Å². The van der Waals surface area contributed by atoms with E-state index in [9.17, 15) is 9.46 Å². The van der Waals surface area contributed by atoms with Crippen LogP contribution in [-0.4, -0.2) is 40.4 Å². The molecule has 0 fully saturated rings. The lowest BCUT2D eigenvalue weighted by atomic mass is 9.91. The van der Waals surface area contributed by atoms with Gasteiger partial charge in [-0.15, -0.1) is 0 Å². The van der Waals surface area contributed by atoms with Crippen LogP contribution in [0.3, 0.4) is 0 Å². The van der Waals surface area contributed by atoms with Crippen LogP contribution in [0.15, 0.2) is 48.5 Å². The molecule has 0 amide bonds. The molecule has 6 nitrogen and oxygen atoms in total. The molecule has 7 heteroatoms. The van der Waals surface area contributed by atoms with Crippen molar-refractivity contribution < 1.29 is 18.9 Å². The van der Waals surface area contributed by atoms with Crippen LogP contribution < -0.4 is 45.0 Å². The largest absolute Gasteiger partial charge is 0.792 e. The molecule has 0 N–H and O–H groups in total. The minimum absolute atomic E-state index is 0.266. The molecule has 0 aliphatic carbocycles. The van der Waals surface area contributed by atoms with E-state index in [1.807, 2.05) is 60.0 Å². The molecule has 1 atom stereocenters. The highest BCUT2D eigenvalue weighted by Crippen LogP contribution is 2.48. The Balaban J connectivity index is 1.85. The zero-order chi connectivity index (χ0) is 22.9. The number of anilines is 1. The van der Waals surface area contributed by atoms with Crippen LogP contribution >= 0.6 is 7.37 Å². The van der Waals surface area contributed by atoms with Gasteiger partial charge in [0.15, 0.2) is 12.3 Å². The summed E-state index contributed by atoms with van der Waals surface area (Å²) in [7, 11) is -0.359. The Morgan fingerprint density at radius 1 is 0.970 bits per heavy atom. The fourth-order valence-corrected chi connectivity index (χ4v) is 7.33. The highest BCUT2D eigenvalue weighted by Gasteiger charge is 2.38. The van der Waals surface area contributed by atoms with Crippen molar-refractivity contribution in [3.05, 3.63) is 75.8 Å². The Labute approximate surface area is 192 Å². The molecular weight excluding hydrogens is 435 g/mol. The minimum atomic E-state index is -4.29. The van der Waals surface area contributed by atoms with Crippen molar-refractivity contribution in [2.24, 2.45) is 0 Å². The Bertz CT molecular complexity index is 1510. The van der Waals surface area contributed by atoms with E-state index in [4.69, 9.17) is 9.47 Å². The quantitative estimate of drug-likeness (QED) is 0.391. The molecule has 1 unspecified atom stereocenters. The Kier molecular flexibility index (Phi) is 4.48. The van der Waals surface area contributed by atoms with E-state index >= 15 is 0 Å². The van der Waals surface area contributed by atoms with E-state index in [1.54, 1.807) is 0 Å². The summed E-state index contributed by atoms with van der Waals surface area (Å²) in [6.45, 7) is 4.36. The van der Waals surface area contributed by atoms with Gasteiger partial charge in [0.1, 0.15) is 20.3 Å². The molecule has 3 aromatic rings. The van der Waals surface area contributed by atoms with Crippen LogP contribution in [-0.2, 0) is 4.57 Å². The average Bonchev–Trinajstić information content (AvgIpc) is 2.80. The van der Waals surface area contributed by atoms with Gasteiger partial charge in [0.25, 0.3) is 0 Å². The summed E-state index contributed by atoms with van der Waals surface area (Å²) >= 11 is 0. The first-order chi connectivity index (χ1) is 15.9. The molecule has 0 bridgehead atoms. The number of hydrogen-bond acceptors (Lipinski definition) is 5. The minimum Gasteiger partial charge on any atom is -0.792 e. The van der Waals surface area contributed by atoms with Crippen LogP contribution in [0.5, 0.6) is 11.5 Å². The summed E-state index contributed by atoms with van der Waals surface area (Å²) in [5, 5.41) is 2.02. The summed E-state index contributed by atoms with van der Waals surface area (Å²) in [6.07, 6.45) is 0. The summed E-state index contributed by atoms with van der Waals surface area (Å²) in [5.41, 5.74) is 4.48. The second-order valence-electron chi connectivity index (χ2n) is 8.90. The van der Waals surface area contributed by atoms with Crippen molar-refractivity contribution in [3.8, 4) is 11.5 Å². The van der Waals surface area contributed by atoms with Crippen molar-refractivity contribution >= 4 is 29.2 Å². The number of rotatable bonds is 1. The van der Waals surface area contributed by atoms with Gasteiger partial charge >= 0.3 is 0 Å². The predicted octanol–water partition coefficient (Wildman–Crippen LogP) is 0.487. The summed E-state index contributed by atoms with van der Waals surface area (Å²) < 4.78 is 28.5. The number of likely N-dealkylation sites (N-methyl/N-ethyl adjacent to an activating group) is 2. The zero-order valence-electron chi connectivity index (χ0n) is 18.9. The predicted molar refractivity (Wildman–Crippen MR) is 128 cm³/mol. The first-order valence-corrected chi connectivity index (χ1v) is 12.8. The van der Waals surface area contributed by atoms with E-state index in [2.05, 4.69) is 19.1 Å². The van der Waals surface area contributed by atoms with Crippen LogP contribution in [0, 0.1) is 6.92 Å². The zero-order valence-corrected chi connectivity index (χ0v) is 19.8. The smallest absolute Gasteiger partial charge is 0.243 e. The van der Waals surface area contributed by atoms with E-state index < -0.39 is 7.37 Å². The molecule has 3 heterocycles. The third kappa shape index (κ3) is 2.84. The fraction of sp³-hybridized carbons (Fsp3) is 0.269. The van der Waals surface area contributed by atoms with Gasteiger partial charge in [-0.2, -0.15) is 0 Å². The second-order valence-corrected chi connectivity index (χ2v) is 10.9. The van der Waals surface area contributed by atoms with Crippen LogP contribution in [0.25, 0.3) is 5.57 Å². The molecule has 33 heavy (non-hydrogen) atoms. The lowest BCUT2D eigenvalue weighted by Crippen LogP contribution is -2.49. The highest BCUT2D eigenvalue weighted by molar-refractivity contribution is 7.73. The molecule has 0 aromatic heterocycles. The summed E-state index contributed by atoms with van der Waals surface area (Å²) in [4.78, 5) is 16.4. The highest BCUT2D eigenvalue weighted by atomic mass is 31.2. The van der Waals surface area contributed by atoms with Crippen LogP contribution in [0.1, 0.15) is 16.7 Å². The number of benzene rings is 3. The number of ether oxygens (including phenoxy) is 2. The Morgan fingerprint density at radius 3 is 2.58 bits per heavy atom. The van der Waals surface area contributed by atoms with E-state index in [0.717, 1.165) is 27.7 Å². The maximum absolute atomic E-state index is 14.3. The first kappa shape index (κ1) is 20.5. The molecule has 3 aromatic carbocycles. The molecule has 3 aliphatic heterocycles. The summed E-state index contributed by atoms with van der Waals surface area (Å²) in [6, 6.07) is 15.9. The van der Waals surface area contributed by atoms with Crippen molar-refractivity contribution in [2.75, 3.05) is 45.3 Å². The van der Waals surface area contributed by atoms with Gasteiger partial charge in [0.2, 0.25) is 11.1 Å². The lowest BCUT2D eigenvalue weighted by Gasteiger charge is -2.38. The maximum Gasteiger partial charge on any atom is 0.243 e. The fourth-order valence-electron chi connectivity index (χ4n) is 5.21.